The zero-order valence-corrected chi connectivity index (χ0v) is 6.54. The Hall–Kier alpha value is -0.460. The molecule has 0 amide bonds. The number of rotatable bonds is 5. The van der Waals surface area contributed by atoms with E-state index in [1.165, 1.54) is 0 Å². The van der Waals surface area contributed by atoms with Gasteiger partial charge in [0.2, 0.25) is 0 Å². The summed E-state index contributed by atoms with van der Waals surface area (Å²) < 4.78 is 0. The number of aliphatic hydroxyl groups excluding tert-OH is 5. The van der Waals surface area contributed by atoms with Gasteiger partial charge >= 0.3 is 0 Å². The molecule has 0 spiro atoms. The Labute approximate surface area is 70.2 Å². The molecule has 0 aliphatic carbocycles. The molecule has 72 valence electrons. The maximum absolute atomic E-state index is 9.05. The lowest BCUT2D eigenvalue weighted by Crippen LogP contribution is -2.45. The molecule has 5 nitrogen and oxygen atoms in total. The Morgan fingerprint density at radius 3 is 1.92 bits per heavy atom. The van der Waals surface area contributed by atoms with Crippen LogP contribution in [-0.2, 0) is 0 Å². The van der Waals surface area contributed by atoms with Gasteiger partial charge in [-0.25, -0.2) is 0 Å². The molecule has 0 radical (unpaired) electrons. The third kappa shape index (κ3) is 2.88. The molecule has 5 heteroatoms. The number of hydrogen-bond acceptors (Lipinski definition) is 5. The standard InChI is InChI=1S/C7H14O5/c1-2-4(9)6(11)7(12)5(10)3-8/h2,4-12H,1,3H2/t4-,5+,6+,7-/m0/s1. The van der Waals surface area contributed by atoms with Crippen LogP contribution in [0.5, 0.6) is 0 Å². The Morgan fingerprint density at radius 1 is 1.08 bits per heavy atom. The molecule has 0 aliphatic heterocycles. The van der Waals surface area contributed by atoms with Gasteiger partial charge in [-0.05, 0) is 0 Å². The smallest absolute Gasteiger partial charge is 0.112 e. The highest BCUT2D eigenvalue weighted by atomic mass is 16.4. The van der Waals surface area contributed by atoms with E-state index >= 15 is 0 Å². The van der Waals surface area contributed by atoms with Crippen LogP contribution in [0.1, 0.15) is 0 Å². The molecule has 0 bridgehead atoms. The van der Waals surface area contributed by atoms with Gasteiger partial charge in [-0.15, -0.1) is 6.58 Å². The minimum Gasteiger partial charge on any atom is -0.394 e. The fraction of sp³-hybridized carbons (Fsp3) is 0.714. The van der Waals surface area contributed by atoms with Crippen molar-refractivity contribution in [3.8, 4) is 0 Å². The van der Waals surface area contributed by atoms with E-state index in [2.05, 4.69) is 6.58 Å². The van der Waals surface area contributed by atoms with Crippen molar-refractivity contribution >= 4 is 0 Å². The molecule has 0 saturated carbocycles. The summed E-state index contributed by atoms with van der Waals surface area (Å²) in [6.07, 6.45) is -4.87. The van der Waals surface area contributed by atoms with Crippen LogP contribution in [0, 0.1) is 0 Å². The van der Waals surface area contributed by atoms with Crippen LogP contribution in [-0.4, -0.2) is 56.6 Å². The van der Waals surface area contributed by atoms with Gasteiger partial charge in [0.05, 0.1) is 6.61 Å². The van der Waals surface area contributed by atoms with Crippen molar-refractivity contribution in [1.29, 1.82) is 0 Å². The molecule has 5 N–H and O–H groups in total. The van der Waals surface area contributed by atoms with Crippen LogP contribution < -0.4 is 0 Å². The topological polar surface area (TPSA) is 101 Å². The summed E-state index contributed by atoms with van der Waals surface area (Å²) in [5.41, 5.74) is 0. The molecular weight excluding hydrogens is 164 g/mol. The van der Waals surface area contributed by atoms with E-state index in [1.807, 2.05) is 0 Å². The summed E-state index contributed by atoms with van der Waals surface area (Å²) in [4.78, 5) is 0. The van der Waals surface area contributed by atoms with Crippen LogP contribution in [0.15, 0.2) is 12.7 Å². The zero-order chi connectivity index (χ0) is 9.72. The lowest BCUT2D eigenvalue weighted by molar-refractivity contribution is -0.104. The molecule has 0 heterocycles. The molecule has 0 rings (SSSR count). The maximum atomic E-state index is 9.05. The lowest BCUT2D eigenvalue weighted by Gasteiger charge is -2.23. The van der Waals surface area contributed by atoms with Gasteiger partial charge in [-0.3, -0.25) is 0 Å². The van der Waals surface area contributed by atoms with Crippen molar-refractivity contribution in [3.63, 3.8) is 0 Å². The van der Waals surface area contributed by atoms with E-state index in [-0.39, 0.29) is 0 Å². The SMILES string of the molecule is C=C[C@H](O)[C@@H](O)[C@@H](O)[C@H](O)CO. The first-order valence-electron chi connectivity index (χ1n) is 3.50. The minimum absolute atomic E-state index is 0.678. The summed E-state index contributed by atoms with van der Waals surface area (Å²) in [5.74, 6) is 0. The Kier molecular flexibility index (Phi) is 5.03. The van der Waals surface area contributed by atoms with Crippen LogP contribution in [0.2, 0.25) is 0 Å². The van der Waals surface area contributed by atoms with E-state index in [9.17, 15) is 0 Å². The summed E-state index contributed by atoms with van der Waals surface area (Å²) in [7, 11) is 0. The largest absolute Gasteiger partial charge is 0.394 e. The van der Waals surface area contributed by atoms with Gasteiger partial charge < -0.3 is 25.5 Å². The number of aliphatic hydroxyl groups is 5. The van der Waals surface area contributed by atoms with Crippen LogP contribution in [0.25, 0.3) is 0 Å². The molecule has 4 atom stereocenters. The second kappa shape index (κ2) is 5.23. The molecule has 0 aliphatic rings. The first kappa shape index (κ1) is 11.5. The summed E-state index contributed by atoms with van der Waals surface area (Å²) in [6, 6.07) is 0. The molecule has 0 aromatic carbocycles. The van der Waals surface area contributed by atoms with E-state index in [4.69, 9.17) is 25.5 Å². The minimum atomic E-state index is -1.58. The van der Waals surface area contributed by atoms with Crippen LogP contribution in [0.3, 0.4) is 0 Å². The second-order valence-electron chi connectivity index (χ2n) is 2.46. The van der Waals surface area contributed by atoms with Crippen molar-refractivity contribution < 1.29 is 25.5 Å². The zero-order valence-electron chi connectivity index (χ0n) is 6.54. The Balaban J connectivity index is 4.07. The quantitative estimate of drug-likeness (QED) is 0.302. The second-order valence-corrected chi connectivity index (χ2v) is 2.46. The predicted molar refractivity (Wildman–Crippen MR) is 41.3 cm³/mol. The highest BCUT2D eigenvalue weighted by molar-refractivity contribution is 4.90. The Bertz CT molecular complexity index is 138. The van der Waals surface area contributed by atoms with Crippen LogP contribution >= 0.6 is 0 Å². The molecule has 0 fully saturated rings. The molecule has 0 aromatic heterocycles. The van der Waals surface area contributed by atoms with Gasteiger partial charge in [0.15, 0.2) is 0 Å². The van der Waals surface area contributed by atoms with E-state index in [1.54, 1.807) is 0 Å². The summed E-state index contributed by atoms with van der Waals surface area (Å²) in [6.45, 7) is 2.51. The third-order valence-corrected chi connectivity index (χ3v) is 1.52. The average Bonchev–Trinajstić information content (AvgIpc) is 2.12. The normalized spacial score (nSPS) is 21.1. The number of hydrogen-bond donors (Lipinski definition) is 5. The van der Waals surface area contributed by atoms with Crippen LogP contribution in [0.4, 0.5) is 0 Å². The van der Waals surface area contributed by atoms with Gasteiger partial charge in [-0.2, -0.15) is 0 Å². The molecular formula is C7H14O5. The molecule has 0 aromatic rings. The van der Waals surface area contributed by atoms with Gasteiger partial charge in [-0.1, -0.05) is 6.08 Å². The highest BCUT2D eigenvalue weighted by Gasteiger charge is 2.28. The van der Waals surface area contributed by atoms with Crippen molar-refractivity contribution in [3.05, 3.63) is 12.7 Å². The van der Waals surface area contributed by atoms with Crippen molar-refractivity contribution in [1.82, 2.24) is 0 Å². The van der Waals surface area contributed by atoms with Gasteiger partial charge in [0.1, 0.15) is 24.4 Å². The van der Waals surface area contributed by atoms with E-state index in [0.717, 1.165) is 6.08 Å². The molecule has 12 heavy (non-hydrogen) atoms. The van der Waals surface area contributed by atoms with Crippen molar-refractivity contribution in [2.24, 2.45) is 0 Å². The third-order valence-electron chi connectivity index (χ3n) is 1.52. The summed E-state index contributed by atoms with van der Waals surface area (Å²) in [5, 5.41) is 44.2. The molecule has 0 unspecified atom stereocenters. The van der Waals surface area contributed by atoms with E-state index < -0.39 is 31.0 Å². The highest BCUT2D eigenvalue weighted by Crippen LogP contribution is 2.04. The molecule has 0 saturated heterocycles. The average molecular weight is 178 g/mol. The van der Waals surface area contributed by atoms with Gasteiger partial charge in [0, 0.05) is 0 Å². The van der Waals surface area contributed by atoms with Crippen molar-refractivity contribution in [2.75, 3.05) is 6.61 Å². The fourth-order valence-electron chi connectivity index (χ4n) is 0.677. The summed E-state index contributed by atoms with van der Waals surface area (Å²) >= 11 is 0. The monoisotopic (exact) mass is 178 g/mol. The fourth-order valence-corrected chi connectivity index (χ4v) is 0.677. The van der Waals surface area contributed by atoms with Crippen molar-refractivity contribution in [2.45, 2.75) is 24.4 Å². The predicted octanol–water partition coefficient (Wildman–Crippen LogP) is -2.39. The van der Waals surface area contributed by atoms with E-state index in [0.29, 0.717) is 0 Å². The lowest BCUT2D eigenvalue weighted by atomic mass is 10.0. The first-order valence-corrected chi connectivity index (χ1v) is 3.50. The maximum Gasteiger partial charge on any atom is 0.112 e. The Morgan fingerprint density at radius 2 is 1.58 bits per heavy atom. The van der Waals surface area contributed by atoms with Gasteiger partial charge in [0.25, 0.3) is 0 Å². The first-order chi connectivity index (χ1) is 5.54.